The van der Waals surface area contributed by atoms with Gasteiger partial charge in [0.1, 0.15) is 0 Å². The lowest BCUT2D eigenvalue weighted by Crippen LogP contribution is -2.32. The van der Waals surface area contributed by atoms with Crippen molar-refractivity contribution in [1.82, 2.24) is 4.90 Å². The van der Waals surface area contributed by atoms with Crippen LogP contribution in [0.4, 0.5) is 0 Å². The standard InChI is InChI=1S/C16H21BrN2O/c17-14-4-1-11(2-5-14)7-16(20)19-9-12-3-6-15(18)8-13(12)10-19/h1-2,4-5,12-13,15H,3,6-10,18H2/t12-,13+,15?/m1/s1. The number of likely N-dealkylation sites (tertiary alicyclic amines) is 1. The highest BCUT2D eigenvalue weighted by atomic mass is 79.9. The van der Waals surface area contributed by atoms with Gasteiger partial charge in [-0.25, -0.2) is 0 Å². The Hall–Kier alpha value is -0.870. The van der Waals surface area contributed by atoms with E-state index in [0.717, 1.165) is 36.0 Å². The van der Waals surface area contributed by atoms with Crippen LogP contribution in [0.5, 0.6) is 0 Å². The van der Waals surface area contributed by atoms with Gasteiger partial charge in [0.15, 0.2) is 0 Å². The van der Waals surface area contributed by atoms with E-state index in [1.165, 1.54) is 6.42 Å². The van der Waals surface area contributed by atoms with Gasteiger partial charge >= 0.3 is 0 Å². The monoisotopic (exact) mass is 336 g/mol. The fraction of sp³-hybridized carbons (Fsp3) is 0.562. The second-order valence-corrected chi connectivity index (χ2v) is 7.11. The molecule has 3 nitrogen and oxygen atoms in total. The second-order valence-electron chi connectivity index (χ2n) is 6.20. The molecule has 2 fully saturated rings. The van der Waals surface area contributed by atoms with E-state index < -0.39 is 0 Å². The quantitative estimate of drug-likeness (QED) is 0.902. The molecule has 3 rings (SSSR count). The first-order valence-electron chi connectivity index (χ1n) is 7.39. The van der Waals surface area contributed by atoms with E-state index in [9.17, 15) is 4.79 Å². The number of benzene rings is 1. The average molecular weight is 337 g/mol. The average Bonchev–Trinajstić information content (AvgIpc) is 2.84. The molecule has 1 saturated heterocycles. The van der Waals surface area contributed by atoms with E-state index in [2.05, 4.69) is 20.8 Å². The van der Waals surface area contributed by atoms with Crippen molar-refractivity contribution < 1.29 is 4.79 Å². The molecule has 1 aliphatic heterocycles. The number of nitrogens with two attached hydrogens (primary N) is 1. The Kier molecular flexibility index (Phi) is 4.13. The van der Waals surface area contributed by atoms with E-state index in [1.807, 2.05) is 24.3 Å². The van der Waals surface area contributed by atoms with Gasteiger partial charge in [-0.05, 0) is 48.8 Å². The van der Waals surface area contributed by atoms with Crippen molar-refractivity contribution in [2.75, 3.05) is 13.1 Å². The lowest BCUT2D eigenvalue weighted by Gasteiger charge is -2.27. The van der Waals surface area contributed by atoms with E-state index >= 15 is 0 Å². The summed E-state index contributed by atoms with van der Waals surface area (Å²) in [4.78, 5) is 14.5. The zero-order valence-corrected chi connectivity index (χ0v) is 13.2. The van der Waals surface area contributed by atoms with Crippen LogP contribution in [0, 0.1) is 11.8 Å². The predicted octanol–water partition coefficient (Wildman–Crippen LogP) is 2.58. The Labute approximate surface area is 128 Å². The first-order chi connectivity index (χ1) is 9.61. The summed E-state index contributed by atoms with van der Waals surface area (Å²) in [5.74, 6) is 1.58. The van der Waals surface area contributed by atoms with Crippen LogP contribution >= 0.6 is 15.9 Å². The summed E-state index contributed by atoms with van der Waals surface area (Å²) in [7, 11) is 0. The molecule has 4 heteroatoms. The summed E-state index contributed by atoms with van der Waals surface area (Å²) < 4.78 is 1.05. The Morgan fingerprint density at radius 1 is 1.20 bits per heavy atom. The smallest absolute Gasteiger partial charge is 0.227 e. The molecule has 1 aromatic carbocycles. The van der Waals surface area contributed by atoms with Gasteiger partial charge in [0.2, 0.25) is 5.91 Å². The number of hydrogen-bond donors (Lipinski definition) is 1. The molecule has 0 bridgehead atoms. The highest BCUT2D eigenvalue weighted by molar-refractivity contribution is 9.10. The van der Waals surface area contributed by atoms with Crippen LogP contribution in [0.1, 0.15) is 24.8 Å². The van der Waals surface area contributed by atoms with Crippen LogP contribution in [-0.4, -0.2) is 29.9 Å². The molecule has 2 N–H and O–H groups in total. The lowest BCUT2D eigenvalue weighted by atomic mass is 9.79. The number of fused-ring (bicyclic) bond motifs is 1. The number of rotatable bonds is 2. The van der Waals surface area contributed by atoms with Crippen LogP contribution in [0.3, 0.4) is 0 Å². The third kappa shape index (κ3) is 3.07. The van der Waals surface area contributed by atoms with Crippen molar-refractivity contribution in [2.45, 2.75) is 31.7 Å². The fourth-order valence-corrected chi connectivity index (χ4v) is 3.82. The minimum Gasteiger partial charge on any atom is -0.342 e. The van der Waals surface area contributed by atoms with Crippen molar-refractivity contribution in [3.8, 4) is 0 Å². The maximum Gasteiger partial charge on any atom is 0.227 e. The normalized spacial score (nSPS) is 29.3. The largest absolute Gasteiger partial charge is 0.342 e. The van der Waals surface area contributed by atoms with E-state index in [1.54, 1.807) is 0 Å². The maximum absolute atomic E-state index is 12.4. The second kappa shape index (κ2) is 5.86. The number of amides is 1. The number of nitrogens with zero attached hydrogens (tertiary/aromatic N) is 1. The van der Waals surface area contributed by atoms with E-state index in [4.69, 9.17) is 5.73 Å². The van der Waals surface area contributed by atoms with Crippen LogP contribution in [0.2, 0.25) is 0 Å². The van der Waals surface area contributed by atoms with Gasteiger partial charge in [-0.2, -0.15) is 0 Å². The SMILES string of the molecule is NC1CC[C@@H]2CN(C(=O)Cc3ccc(Br)cc3)C[C@@H]2C1. The molecule has 1 unspecified atom stereocenters. The van der Waals surface area contributed by atoms with Crippen molar-refractivity contribution >= 4 is 21.8 Å². The predicted molar refractivity (Wildman–Crippen MR) is 83.2 cm³/mol. The van der Waals surface area contributed by atoms with Crippen molar-refractivity contribution in [1.29, 1.82) is 0 Å². The van der Waals surface area contributed by atoms with Gasteiger partial charge in [0.25, 0.3) is 0 Å². The molecule has 1 saturated carbocycles. The fourth-order valence-electron chi connectivity index (χ4n) is 3.56. The molecule has 1 heterocycles. The van der Waals surface area contributed by atoms with Gasteiger partial charge < -0.3 is 10.6 Å². The molecular weight excluding hydrogens is 316 g/mol. The summed E-state index contributed by atoms with van der Waals surface area (Å²) in [6.07, 6.45) is 3.91. The highest BCUT2D eigenvalue weighted by Crippen LogP contribution is 2.35. The van der Waals surface area contributed by atoms with Crippen LogP contribution in [0.15, 0.2) is 28.7 Å². The molecular formula is C16H21BrN2O. The number of halogens is 1. The molecule has 0 spiro atoms. The molecule has 3 atom stereocenters. The van der Waals surface area contributed by atoms with Gasteiger partial charge in [-0.3, -0.25) is 4.79 Å². The number of carbonyl (C=O) groups excluding carboxylic acids is 1. The zero-order valence-electron chi connectivity index (χ0n) is 11.6. The molecule has 1 aliphatic carbocycles. The highest BCUT2D eigenvalue weighted by Gasteiger charge is 2.38. The maximum atomic E-state index is 12.4. The molecule has 2 aliphatic rings. The van der Waals surface area contributed by atoms with Crippen molar-refractivity contribution in [3.05, 3.63) is 34.3 Å². The Bertz CT molecular complexity index is 488. The van der Waals surface area contributed by atoms with Gasteiger partial charge in [0.05, 0.1) is 6.42 Å². The van der Waals surface area contributed by atoms with Gasteiger partial charge in [-0.15, -0.1) is 0 Å². The van der Waals surface area contributed by atoms with Crippen molar-refractivity contribution in [2.24, 2.45) is 17.6 Å². The van der Waals surface area contributed by atoms with Crippen LogP contribution in [0.25, 0.3) is 0 Å². The zero-order chi connectivity index (χ0) is 14.1. The number of carbonyl (C=O) groups is 1. The minimum atomic E-state index is 0.260. The van der Waals surface area contributed by atoms with E-state index in [-0.39, 0.29) is 5.91 Å². The topological polar surface area (TPSA) is 46.3 Å². The third-order valence-electron chi connectivity index (χ3n) is 4.71. The number of hydrogen-bond acceptors (Lipinski definition) is 2. The first kappa shape index (κ1) is 14.1. The molecule has 0 radical (unpaired) electrons. The Morgan fingerprint density at radius 2 is 1.90 bits per heavy atom. The summed E-state index contributed by atoms with van der Waals surface area (Å²) in [6, 6.07) is 8.36. The van der Waals surface area contributed by atoms with Crippen LogP contribution < -0.4 is 5.73 Å². The summed E-state index contributed by atoms with van der Waals surface area (Å²) in [5, 5.41) is 0. The van der Waals surface area contributed by atoms with Crippen LogP contribution in [-0.2, 0) is 11.2 Å². The molecule has 1 amide bonds. The van der Waals surface area contributed by atoms with E-state index in [0.29, 0.717) is 24.3 Å². The molecule has 0 aromatic heterocycles. The molecule has 1 aromatic rings. The third-order valence-corrected chi connectivity index (χ3v) is 5.24. The lowest BCUT2D eigenvalue weighted by molar-refractivity contribution is -0.129. The molecule has 108 valence electrons. The Morgan fingerprint density at radius 3 is 2.65 bits per heavy atom. The summed E-state index contributed by atoms with van der Waals surface area (Å²) >= 11 is 3.42. The summed E-state index contributed by atoms with van der Waals surface area (Å²) in [5.41, 5.74) is 7.13. The first-order valence-corrected chi connectivity index (χ1v) is 8.19. The summed E-state index contributed by atoms with van der Waals surface area (Å²) in [6.45, 7) is 1.85. The molecule has 20 heavy (non-hydrogen) atoms. The van der Waals surface area contributed by atoms with Gasteiger partial charge in [0, 0.05) is 23.6 Å². The minimum absolute atomic E-state index is 0.260. The van der Waals surface area contributed by atoms with Gasteiger partial charge in [-0.1, -0.05) is 28.1 Å². The Balaban J connectivity index is 1.60. The van der Waals surface area contributed by atoms with Crippen molar-refractivity contribution in [3.63, 3.8) is 0 Å².